The van der Waals surface area contributed by atoms with E-state index in [1.54, 1.807) is 11.1 Å². The van der Waals surface area contributed by atoms with Gasteiger partial charge in [-0.25, -0.2) is 13.6 Å². The zero-order valence-corrected chi connectivity index (χ0v) is 18.5. The van der Waals surface area contributed by atoms with E-state index in [4.69, 9.17) is 14.3 Å². The highest BCUT2D eigenvalue weighted by Crippen LogP contribution is 2.35. The Bertz CT molecular complexity index is 1240. The van der Waals surface area contributed by atoms with E-state index in [-0.39, 0.29) is 18.2 Å². The zero-order chi connectivity index (χ0) is 25.4. The van der Waals surface area contributed by atoms with Crippen LogP contribution in [0.5, 0.6) is 11.5 Å². The minimum atomic E-state index is -4.74. The van der Waals surface area contributed by atoms with Crippen LogP contribution in [0.15, 0.2) is 53.6 Å². The van der Waals surface area contributed by atoms with Gasteiger partial charge in [-0.3, -0.25) is 20.2 Å². The van der Waals surface area contributed by atoms with Crippen molar-refractivity contribution in [2.75, 3.05) is 13.2 Å². The van der Waals surface area contributed by atoms with Gasteiger partial charge in [0.15, 0.2) is 17.4 Å². The number of hydroxylamine groups is 1. The standard InChI is InChI=1S/C23H19F5N4O4/c24-15-7-12(8-16(25)21(15)36-14-1-4-29-18(9-14)23(26,27)28)11-34-17-2-5-32-20-13(10-30-22(32)33)3-6-35-31-19(17)20/h1,4,7-10,17,31H,2-3,5-6,11H2,(H,30,33). The Morgan fingerprint density at radius 1 is 1.19 bits per heavy atom. The van der Waals surface area contributed by atoms with Crippen LogP contribution in [0.3, 0.4) is 0 Å². The summed E-state index contributed by atoms with van der Waals surface area (Å²) < 4.78 is 78.8. The molecule has 1 aromatic carbocycles. The zero-order valence-electron chi connectivity index (χ0n) is 18.5. The number of hydrogen-bond acceptors (Lipinski definition) is 6. The van der Waals surface area contributed by atoms with Crippen LogP contribution in [0.4, 0.5) is 26.7 Å². The van der Waals surface area contributed by atoms with E-state index in [1.807, 2.05) is 0 Å². The normalized spacial score (nSPS) is 19.7. The van der Waals surface area contributed by atoms with Gasteiger partial charge in [-0.05, 0) is 35.8 Å². The second kappa shape index (κ2) is 9.39. The Morgan fingerprint density at radius 2 is 1.97 bits per heavy atom. The molecule has 3 aliphatic heterocycles. The molecule has 2 amide bonds. The van der Waals surface area contributed by atoms with Gasteiger partial charge in [0, 0.05) is 31.4 Å². The van der Waals surface area contributed by atoms with Gasteiger partial charge < -0.3 is 14.8 Å². The van der Waals surface area contributed by atoms with Crippen LogP contribution in [-0.2, 0) is 22.4 Å². The third-order valence-corrected chi connectivity index (χ3v) is 5.79. The van der Waals surface area contributed by atoms with Crippen LogP contribution in [-0.4, -0.2) is 35.2 Å². The van der Waals surface area contributed by atoms with E-state index in [1.165, 1.54) is 0 Å². The highest BCUT2D eigenvalue weighted by Gasteiger charge is 2.37. The number of carbonyl (C=O) groups excluding carboxylic acids is 1. The second-order valence-electron chi connectivity index (χ2n) is 8.19. The van der Waals surface area contributed by atoms with E-state index in [0.717, 1.165) is 30.0 Å². The van der Waals surface area contributed by atoms with Gasteiger partial charge in [0.05, 0.1) is 24.6 Å². The topological polar surface area (TPSA) is 85.0 Å². The third kappa shape index (κ3) is 4.71. The van der Waals surface area contributed by atoms with Gasteiger partial charge in [-0.1, -0.05) is 0 Å². The van der Waals surface area contributed by atoms with E-state index in [2.05, 4.69) is 15.8 Å². The number of nitrogens with one attached hydrogen (secondary N) is 2. The summed E-state index contributed by atoms with van der Waals surface area (Å²) in [5.74, 6) is -3.49. The molecule has 1 unspecified atom stereocenters. The molecular weight excluding hydrogens is 491 g/mol. The molecule has 0 saturated heterocycles. The van der Waals surface area contributed by atoms with Crippen molar-refractivity contribution in [3.63, 3.8) is 0 Å². The molecule has 36 heavy (non-hydrogen) atoms. The third-order valence-electron chi connectivity index (χ3n) is 5.79. The van der Waals surface area contributed by atoms with Crippen molar-refractivity contribution < 1.29 is 41.1 Å². The summed E-state index contributed by atoms with van der Waals surface area (Å²) in [5.41, 5.74) is 3.78. The number of halogens is 5. The van der Waals surface area contributed by atoms with Gasteiger partial charge in [0.25, 0.3) is 0 Å². The molecule has 13 heteroatoms. The fraction of sp³-hybridized carbons (Fsp3) is 0.304. The minimum Gasteiger partial charge on any atom is -0.451 e. The van der Waals surface area contributed by atoms with Crippen molar-refractivity contribution in [1.82, 2.24) is 20.7 Å². The molecule has 5 rings (SSSR count). The van der Waals surface area contributed by atoms with Crippen LogP contribution in [0.1, 0.15) is 24.1 Å². The summed E-state index contributed by atoms with van der Waals surface area (Å²) in [4.78, 5) is 22.4. The van der Waals surface area contributed by atoms with Crippen LogP contribution in [0.2, 0.25) is 0 Å². The number of pyridine rings is 1. The predicted octanol–water partition coefficient (Wildman–Crippen LogP) is 4.51. The number of nitrogens with zero attached hydrogens (tertiary/aromatic N) is 2. The highest BCUT2D eigenvalue weighted by atomic mass is 19.4. The first-order chi connectivity index (χ1) is 17.2. The monoisotopic (exact) mass is 510 g/mol. The lowest BCUT2D eigenvalue weighted by Gasteiger charge is -2.38. The molecule has 2 N–H and O–H groups in total. The molecule has 0 spiro atoms. The Labute approximate surface area is 201 Å². The quantitative estimate of drug-likeness (QED) is 0.577. The lowest BCUT2D eigenvalue weighted by atomic mass is 9.98. The molecule has 1 aromatic heterocycles. The first kappa shape index (κ1) is 24.0. The maximum absolute atomic E-state index is 14.7. The highest BCUT2D eigenvalue weighted by molar-refractivity contribution is 5.81. The van der Waals surface area contributed by atoms with Crippen molar-refractivity contribution in [2.45, 2.75) is 31.7 Å². The van der Waals surface area contributed by atoms with Crippen molar-refractivity contribution in [3.8, 4) is 11.5 Å². The summed E-state index contributed by atoms with van der Waals surface area (Å²) in [7, 11) is 0. The minimum absolute atomic E-state index is 0.141. The Morgan fingerprint density at radius 3 is 2.72 bits per heavy atom. The second-order valence-corrected chi connectivity index (χ2v) is 8.19. The number of alkyl halides is 3. The number of allylic oxidation sites excluding steroid dienone is 1. The fourth-order valence-corrected chi connectivity index (χ4v) is 4.14. The summed E-state index contributed by atoms with van der Waals surface area (Å²) in [5, 5.41) is 2.69. The Kier molecular flexibility index (Phi) is 6.26. The first-order valence-corrected chi connectivity index (χ1v) is 10.9. The fourth-order valence-electron chi connectivity index (χ4n) is 4.14. The van der Waals surface area contributed by atoms with Crippen LogP contribution < -0.4 is 15.5 Å². The maximum Gasteiger partial charge on any atom is 0.433 e. The first-order valence-electron chi connectivity index (χ1n) is 10.9. The van der Waals surface area contributed by atoms with Crippen molar-refractivity contribution in [3.05, 3.63) is 76.5 Å². The van der Waals surface area contributed by atoms with Crippen molar-refractivity contribution >= 4 is 6.03 Å². The maximum atomic E-state index is 14.7. The molecule has 190 valence electrons. The van der Waals surface area contributed by atoms with Gasteiger partial charge in [0.1, 0.15) is 17.5 Å². The lowest BCUT2D eigenvalue weighted by molar-refractivity contribution is -0.141. The number of urea groups is 1. The smallest absolute Gasteiger partial charge is 0.433 e. The molecule has 8 nitrogen and oxygen atoms in total. The van der Waals surface area contributed by atoms with E-state index in [9.17, 15) is 26.7 Å². The number of hydrogen-bond donors (Lipinski definition) is 2. The van der Waals surface area contributed by atoms with Crippen molar-refractivity contribution in [1.29, 1.82) is 0 Å². The van der Waals surface area contributed by atoms with Crippen LogP contribution in [0.25, 0.3) is 0 Å². The molecule has 0 saturated carbocycles. The molecule has 0 fully saturated rings. The van der Waals surface area contributed by atoms with Gasteiger partial charge >= 0.3 is 12.2 Å². The molecule has 1 atom stereocenters. The number of benzene rings is 1. The summed E-state index contributed by atoms with van der Waals surface area (Å²) >= 11 is 0. The molecule has 4 heterocycles. The molecular formula is C23H19F5N4O4. The largest absolute Gasteiger partial charge is 0.451 e. The average Bonchev–Trinajstić information content (AvgIpc) is 3.06. The van der Waals surface area contributed by atoms with E-state index in [0.29, 0.717) is 43.5 Å². The number of rotatable bonds is 5. The predicted molar refractivity (Wildman–Crippen MR) is 113 cm³/mol. The average molecular weight is 510 g/mol. The summed E-state index contributed by atoms with van der Waals surface area (Å²) in [6.45, 7) is 0.556. The Balaban J connectivity index is 1.33. The molecule has 0 aliphatic carbocycles. The van der Waals surface area contributed by atoms with E-state index < -0.39 is 41.1 Å². The molecule has 0 bridgehead atoms. The SMILES string of the molecule is O=C1NC=C2CCONC3=C2N1CCC3OCc1cc(F)c(Oc2ccnc(C(F)(F)F)c2)c(F)c1. The van der Waals surface area contributed by atoms with Crippen LogP contribution in [0, 0.1) is 11.6 Å². The van der Waals surface area contributed by atoms with Crippen LogP contribution >= 0.6 is 0 Å². The number of carbonyl (C=O) groups is 1. The van der Waals surface area contributed by atoms with Gasteiger partial charge in [-0.2, -0.15) is 13.2 Å². The number of aromatic nitrogens is 1. The van der Waals surface area contributed by atoms with Gasteiger partial charge in [-0.15, -0.1) is 0 Å². The van der Waals surface area contributed by atoms with Gasteiger partial charge in [0.2, 0.25) is 0 Å². The molecule has 0 radical (unpaired) electrons. The lowest BCUT2D eigenvalue weighted by Crippen LogP contribution is -2.48. The van der Waals surface area contributed by atoms with E-state index >= 15 is 0 Å². The number of ether oxygens (including phenoxy) is 2. The molecule has 3 aliphatic rings. The summed E-state index contributed by atoms with van der Waals surface area (Å²) in [6, 6.07) is 3.29. The number of amides is 2. The Hall–Kier alpha value is -3.71. The molecule has 2 aromatic rings. The summed E-state index contributed by atoms with van der Waals surface area (Å²) in [6.07, 6.45) is -1.85. The van der Waals surface area contributed by atoms with Crippen molar-refractivity contribution in [2.24, 2.45) is 0 Å².